The van der Waals surface area contributed by atoms with Crippen LogP contribution in [0, 0.1) is 6.92 Å². The second-order valence-electron chi connectivity index (χ2n) is 4.86. The maximum atomic E-state index is 12.2. The maximum Gasteiger partial charge on any atom is 0.323 e. The molecule has 10 heteroatoms. The Morgan fingerprint density at radius 3 is 2.90 bits per heavy atom. The van der Waals surface area contributed by atoms with E-state index in [1.807, 2.05) is 6.92 Å². The van der Waals surface area contributed by atoms with Crippen LogP contribution in [0.3, 0.4) is 0 Å². The third-order valence-electron chi connectivity index (χ3n) is 3.46. The predicted octanol–water partition coefficient (Wildman–Crippen LogP) is -0.979. The molecule has 2 saturated heterocycles. The molecule has 2 N–H and O–H groups in total. The van der Waals surface area contributed by atoms with Crippen molar-refractivity contribution < 1.29 is 14.4 Å². The smallest absolute Gasteiger partial charge is 0.323 e. The fourth-order valence-corrected chi connectivity index (χ4v) is 3.00. The SMILES string of the molecule is Cc1nnc(NC(=O)N2CCN3C(=O)C(=O)NCC3C2)s1. The number of carbonyl (C=O) groups excluding carboxylic acids is 3. The van der Waals surface area contributed by atoms with Gasteiger partial charge in [-0.1, -0.05) is 11.3 Å². The molecule has 1 atom stereocenters. The summed E-state index contributed by atoms with van der Waals surface area (Å²) < 4.78 is 0. The molecular formula is C11H14N6O3S. The number of urea groups is 1. The standard InChI is InChI=1S/C11H14N6O3S/c1-6-14-15-10(21-6)13-11(20)16-2-3-17-7(5-16)4-12-8(18)9(17)19/h7H,2-5H2,1H3,(H,12,18)(H,13,15,20). The van der Waals surface area contributed by atoms with Crippen LogP contribution in [0.4, 0.5) is 9.93 Å². The van der Waals surface area contributed by atoms with E-state index in [1.165, 1.54) is 16.2 Å². The summed E-state index contributed by atoms with van der Waals surface area (Å²) in [5.74, 6) is -1.10. The van der Waals surface area contributed by atoms with E-state index in [2.05, 4.69) is 20.8 Å². The van der Waals surface area contributed by atoms with Crippen molar-refractivity contribution in [1.29, 1.82) is 0 Å². The summed E-state index contributed by atoms with van der Waals surface area (Å²) in [7, 11) is 0. The summed E-state index contributed by atoms with van der Waals surface area (Å²) in [6.07, 6.45) is 0. The molecule has 2 aliphatic rings. The van der Waals surface area contributed by atoms with Gasteiger partial charge in [0.2, 0.25) is 5.13 Å². The first-order valence-electron chi connectivity index (χ1n) is 6.49. The zero-order chi connectivity index (χ0) is 15.0. The Balaban J connectivity index is 1.62. The Labute approximate surface area is 124 Å². The van der Waals surface area contributed by atoms with Gasteiger partial charge < -0.3 is 15.1 Å². The van der Waals surface area contributed by atoms with Gasteiger partial charge in [0.15, 0.2) is 0 Å². The molecule has 0 saturated carbocycles. The van der Waals surface area contributed by atoms with E-state index in [0.29, 0.717) is 31.3 Å². The van der Waals surface area contributed by atoms with Crippen molar-refractivity contribution in [2.75, 3.05) is 31.5 Å². The van der Waals surface area contributed by atoms with E-state index in [1.54, 1.807) is 4.90 Å². The lowest BCUT2D eigenvalue weighted by Gasteiger charge is -2.43. The zero-order valence-corrected chi connectivity index (χ0v) is 12.1. The topological polar surface area (TPSA) is 108 Å². The number of fused-ring (bicyclic) bond motifs is 1. The van der Waals surface area contributed by atoms with Crippen molar-refractivity contribution in [3.8, 4) is 0 Å². The van der Waals surface area contributed by atoms with Crippen LogP contribution in [-0.4, -0.2) is 70.1 Å². The Morgan fingerprint density at radius 2 is 2.19 bits per heavy atom. The molecule has 3 rings (SSSR count). The highest BCUT2D eigenvalue weighted by molar-refractivity contribution is 7.15. The van der Waals surface area contributed by atoms with Gasteiger partial charge in [0.25, 0.3) is 0 Å². The highest BCUT2D eigenvalue weighted by Gasteiger charge is 2.38. The maximum absolute atomic E-state index is 12.2. The number of aryl methyl sites for hydroxylation is 1. The third kappa shape index (κ3) is 2.66. The van der Waals surface area contributed by atoms with Crippen LogP contribution in [0.1, 0.15) is 5.01 Å². The van der Waals surface area contributed by atoms with E-state index in [0.717, 1.165) is 5.01 Å². The van der Waals surface area contributed by atoms with Gasteiger partial charge in [0.1, 0.15) is 5.01 Å². The minimum absolute atomic E-state index is 0.175. The van der Waals surface area contributed by atoms with Gasteiger partial charge in [-0.15, -0.1) is 10.2 Å². The summed E-state index contributed by atoms with van der Waals surface area (Å²) >= 11 is 1.30. The normalized spacial score (nSPS) is 21.9. The van der Waals surface area contributed by atoms with Crippen molar-refractivity contribution >= 4 is 34.3 Å². The van der Waals surface area contributed by atoms with E-state index < -0.39 is 11.8 Å². The van der Waals surface area contributed by atoms with Gasteiger partial charge in [-0.3, -0.25) is 14.9 Å². The minimum Gasteiger partial charge on any atom is -0.346 e. The summed E-state index contributed by atoms with van der Waals surface area (Å²) in [5.41, 5.74) is 0. The van der Waals surface area contributed by atoms with E-state index >= 15 is 0 Å². The molecular weight excluding hydrogens is 296 g/mol. The highest BCUT2D eigenvalue weighted by Crippen LogP contribution is 2.17. The molecule has 2 fully saturated rings. The number of aromatic nitrogens is 2. The lowest BCUT2D eigenvalue weighted by atomic mass is 10.1. The average molecular weight is 310 g/mol. The van der Waals surface area contributed by atoms with Crippen LogP contribution in [0.25, 0.3) is 0 Å². The Kier molecular flexibility index (Phi) is 3.45. The van der Waals surface area contributed by atoms with Gasteiger partial charge in [-0.05, 0) is 6.92 Å². The number of anilines is 1. The molecule has 0 bridgehead atoms. The van der Waals surface area contributed by atoms with Crippen LogP contribution in [-0.2, 0) is 9.59 Å². The molecule has 3 heterocycles. The van der Waals surface area contributed by atoms with Crippen molar-refractivity contribution in [2.24, 2.45) is 0 Å². The van der Waals surface area contributed by atoms with Crippen molar-refractivity contribution in [3.05, 3.63) is 5.01 Å². The quantitative estimate of drug-likeness (QED) is 0.648. The van der Waals surface area contributed by atoms with Crippen molar-refractivity contribution in [1.82, 2.24) is 25.3 Å². The van der Waals surface area contributed by atoms with Gasteiger partial charge >= 0.3 is 17.8 Å². The van der Waals surface area contributed by atoms with E-state index in [4.69, 9.17) is 0 Å². The molecule has 1 unspecified atom stereocenters. The second kappa shape index (κ2) is 5.28. The summed E-state index contributed by atoms with van der Waals surface area (Å²) in [6.45, 7) is 3.31. The molecule has 112 valence electrons. The zero-order valence-electron chi connectivity index (χ0n) is 11.3. The van der Waals surface area contributed by atoms with Gasteiger partial charge in [-0.25, -0.2) is 4.79 Å². The number of nitrogens with one attached hydrogen (secondary N) is 2. The summed E-state index contributed by atoms with van der Waals surface area (Å²) in [6, 6.07) is -0.444. The minimum atomic E-state index is -0.575. The number of piperazine rings is 2. The molecule has 0 spiro atoms. The number of nitrogens with zero attached hydrogens (tertiary/aromatic N) is 4. The fraction of sp³-hybridized carbons (Fsp3) is 0.545. The molecule has 4 amide bonds. The first-order valence-corrected chi connectivity index (χ1v) is 7.31. The summed E-state index contributed by atoms with van der Waals surface area (Å²) in [4.78, 5) is 38.3. The second-order valence-corrected chi connectivity index (χ2v) is 6.05. The number of hydrogen-bond donors (Lipinski definition) is 2. The third-order valence-corrected chi connectivity index (χ3v) is 4.22. The van der Waals surface area contributed by atoms with Gasteiger partial charge in [0, 0.05) is 26.2 Å². The monoisotopic (exact) mass is 310 g/mol. The Hall–Kier alpha value is -2.23. The molecule has 1 aromatic heterocycles. The predicted molar refractivity (Wildman–Crippen MR) is 73.7 cm³/mol. The molecule has 0 radical (unpaired) electrons. The largest absolute Gasteiger partial charge is 0.346 e. The molecule has 21 heavy (non-hydrogen) atoms. The van der Waals surface area contributed by atoms with Gasteiger partial charge in [0.05, 0.1) is 6.04 Å². The fourth-order valence-electron chi connectivity index (χ4n) is 2.42. The van der Waals surface area contributed by atoms with Crippen molar-refractivity contribution in [2.45, 2.75) is 13.0 Å². The number of amides is 4. The molecule has 1 aromatic rings. The van der Waals surface area contributed by atoms with Crippen LogP contribution in [0.15, 0.2) is 0 Å². The Morgan fingerprint density at radius 1 is 1.38 bits per heavy atom. The number of hydrogen-bond acceptors (Lipinski definition) is 6. The lowest BCUT2D eigenvalue weighted by Crippen LogP contribution is -2.66. The molecule has 0 aliphatic carbocycles. The van der Waals surface area contributed by atoms with Crippen LogP contribution < -0.4 is 10.6 Å². The van der Waals surface area contributed by atoms with E-state index in [-0.39, 0.29) is 12.1 Å². The van der Waals surface area contributed by atoms with Crippen molar-refractivity contribution in [3.63, 3.8) is 0 Å². The number of carbonyl (C=O) groups is 3. The van der Waals surface area contributed by atoms with Gasteiger partial charge in [-0.2, -0.15) is 0 Å². The van der Waals surface area contributed by atoms with Crippen LogP contribution >= 0.6 is 11.3 Å². The summed E-state index contributed by atoms with van der Waals surface area (Å²) in [5, 5.41) is 14.1. The first-order chi connectivity index (χ1) is 10.0. The van der Waals surface area contributed by atoms with E-state index in [9.17, 15) is 14.4 Å². The lowest BCUT2D eigenvalue weighted by molar-refractivity contribution is -0.152. The molecule has 0 aromatic carbocycles. The van der Waals surface area contributed by atoms with Crippen LogP contribution in [0.2, 0.25) is 0 Å². The first kappa shape index (κ1) is 13.7. The molecule has 2 aliphatic heterocycles. The Bertz CT molecular complexity index is 603. The van der Waals surface area contributed by atoms with Crippen LogP contribution in [0.5, 0.6) is 0 Å². The molecule has 9 nitrogen and oxygen atoms in total. The highest BCUT2D eigenvalue weighted by atomic mass is 32.1. The number of rotatable bonds is 1. The average Bonchev–Trinajstić information content (AvgIpc) is 2.88.